The molecule has 2 heterocycles. The lowest BCUT2D eigenvalue weighted by molar-refractivity contribution is 0.257. The maximum Gasteiger partial charge on any atom is 0.348 e. The molecule has 3 rings (SSSR count). The van der Waals surface area contributed by atoms with Crippen LogP contribution < -0.4 is 11.0 Å². The minimum Gasteiger partial charge on any atom is -0.368 e. The van der Waals surface area contributed by atoms with Gasteiger partial charge >= 0.3 is 5.69 Å². The van der Waals surface area contributed by atoms with E-state index < -0.39 is 0 Å². The molecular weight excluding hydrogens is 244 g/mol. The fourth-order valence-corrected chi connectivity index (χ4v) is 2.14. The average Bonchev–Trinajstić information content (AvgIpc) is 3.20. The summed E-state index contributed by atoms with van der Waals surface area (Å²) in [5.74, 6) is 0.738. The molecule has 0 radical (unpaired) electrons. The van der Waals surface area contributed by atoms with E-state index in [-0.39, 0.29) is 5.69 Å². The molecule has 1 aliphatic rings. The van der Waals surface area contributed by atoms with Crippen LogP contribution in [0.25, 0.3) is 5.65 Å². The largest absolute Gasteiger partial charge is 0.368 e. The molecule has 1 aliphatic carbocycles. The van der Waals surface area contributed by atoms with Crippen molar-refractivity contribution in [1.29, 1.82) is 0 Å². The highest BCUT2D eigenvalue weighted by Crippen LogP contribution is 2.26. The number of hydrogen-bond donors (Lipinski definition) is 2. The zero-order valence-electron chi connectivity index (χ0n) is 11.1. The average molecular weight is 262 g/mol. The van der Waals surface area contributed by atoms with E-state index in [9.17, 15) is 4.79 Å². The van der Waals surface area contributed by atoms with Gasteiger partial charge in [0.25, 0.3) is 0 Å². The first-order valence-corrected chi connectivity index (χ1v) is 6.54. The molecule has 0 aliphatic heterocycles. The van der Waals surface area contributed by atoms with Gasteiger partial charge in [-0.05, 0) is 26.8 Å². The summed E-state index contributed by atoms with van der Waals surface area (Å²) >= 11 is 0. The van der Waals surface area contributed by atoms with Crippen LogP contribution in [0, 0.1) is 0 Å². The number of hydrogen-bond acceptors (Lipinski definition) is 5. The van der Waals surface area contributed by atoms with E-state index in [0.717, 1.165) is 18.4 Å². The minimum atomic E-state index is -0.268. The van der Waals surface area contributed by atoms with Crippen molar-refractivity contribution in [2.24, 2.45) is 0 Å². The fourth-order valence-electron chi connectivity index (χ4n) is 2.14. The number of H-pyrrole nitrogens is 1. The molecule has 0 spiro atoms. The van der Waals surface area contributed by atoms with Crippen molar-refractivity contribution in [2.75, 3.05) is 18.9 Å². The predicted molar refractivity (Wildman–Crippen MR) is 72.3 cm³/mol. The van der Waals surface area contributed by atoms with Crippen LogP contribution in [0.4, 0.5) is 5.82 Å². The zero-order valence-corrected chi connectivity index (χ0v) is 11.1. The highest BCUT2D eigenvalue weighted by Gasteiger charge is 2.28. The van der Waals surface area contributed by atoms with Gasteiger partial charge in [-0.3, -0.25) is 4.90 Å². The molecule has 1 atom stereocenters. The Morgan fingerprint density at radius 2 is 2.42 bits per heavy atom. The van der Waals surface area contributed by atoms with Crippen molar-refractivity contribution in [3.8, 4) is 0 Å². The second-order valence-electron chi connectivity index (χ2n) is 5.16. The Morgan fingerprint density at radius 1 is 1.63 bits per heavy atom. The van der Waals surface area contributed by atoms with Crippen molar-refractivity contribution in [2.45, 2.75) is 31.8 Å². The molecule has 7 nitrogen and oxygen atoms in total. The van der Waals surface area contributed by atoms with Gasteiger partial charge in [-0.15, -0.1) is 0 Å². The molecule has 102 valence electrons. The summed E-state index contributed by atoms with van der Waals surface area (Å²) < 4.78 is 1.38. The SMILES string of the molecule is CC(CNc1cc2n[nH]c(=O)n2cn1)N(C)C1CC1. The van der Waals surface area contributed by atoms with Crippen molar-refractivity contribution < 1.29 is 0 Å². The molecule has 2 aromatic heterocycles. The summed E-state index contributed by atoms with van der Waals surface area (Å²) in [7, 11) is 2.16. The third-order valence-corrected chi connectivity index (χ3v) is 3.71. The lowest BCUT2D eigenvalue weighted by Gasteiger charge is -2.24. The van der Waals surface area contributed by atoms with Crippen LogP contribution in [0.3, 0.4) is 0 Å². The standard InChI is InChI=1S/C12H18N6O/c1-8(17(2)9-3-4-9)6-13-10-5-11-15-16-12(19)18(11)7-14-10/h5,7-9,13H,3-4,6H2,1-2H3,(H,16,19). The molecule has 1 fully saturated rings. The maximum absolute atomic E-state index is 11.3. The number of nitrogens with one attached hydrogen (secondary N) is 2. The molecule has 7 heteroatoms. The Kier molecular flexibility index (Phi) is 2.98. The summed E-state index contributed by atoms with van der Waals surface area (Å²) in [5, 5.41) is 9.59. The summed E-state index contributed by atoms with van der Waals surface area (Å²) in [6.07, 6.45) is 4.10. The number of aromatic nitrogens is 4. The zero-order chi connectivity index (χ0) is 13.4. The molecular formula is C12H18N6O. The molecule has 0 amide bonds. The second-order valence-corrected chi connectivity index (χ2v) is 5.16. The van der Waals surface area contributed by atoms with Gasteiger partial charge in [-0.1, -0.05) is 0 Å². The lowest BCUT2D eigenvalue weighted by atomic mass is 10.3. The molecule has 2 aromatic rings. The van der Waals surface area contributed by atoms with Crippen molar-refractivity contribution >= 4 is 11.5 Å². The van der Waals surface area contributed by atoms with Crippen LogP contribution in [-0.2, 0) is 0 Å². The Morgan fingerprint density at radius 3 is 3.16 bits per heavy atom. The monoisotopic (exact) mass is 262 g/mol. The van der Waals surface area contributed by atoms with Crippen LogP contribution >= 0.6 is 0 Å². The molecule has 1 unspecified atom stereocenters. The lowest BCUT2D eigenvalue weighted by Crippen LogP contribution is -2.36. The van der Waals surface area contributed by atoms with E-state index in [2.05, 4.69) is 39.4 Å². The highest BCUT2D eigenvalue weighted by atomic mass is 16.1. The van der Waals surface area contributed by atoms with Gasteiger partial charge in [0.2, 0.25) is 0 Å². The third kappa shape index (κ3) is 2.46. The van der Waals surface area contributed by atoms with Gasteiger partial charge in [0.05, 0.1) is 0 Å². The van der Waals surface area contributed by atoms with Crippen molar-refractivity contribution in [3.05, 3.63) is 22.9 Å². The summed E-state index contributed by atoms with van der Waals surface area (Å²) in [6, 6.07) is 2.96. The van der Waals surface area contributed by atoms with Crippen LogP contribution in [-0.4, -0.2) is 50.2 Å². The molecule has 0 saturated heterocycles. The van der Waals surface area contributed by atoms with Crippen molar-refractivity contribution in [1.82, 2.24) is 24.5 Å². The maximum atomic E-state index is 11.3. The minimum absolute atomic E-state index is 0.268. The summed E-state index contributed by atoms with van der Waals surface area (Å²) in [6.45, 7) is 3.02. The van der Waals surface area contributed by atoms with E-state index in [1.807, 2.05) is 0 Å². The fraction of sp³-hybridized carbons (Fsp3) is 0.583. The number of fused-ring (bicyclic) bond motifs is 1. The number of nitrogens with zero attached hydrogens (tertiary/aromatic N) is 4. The third-order valence-electron chi connectivity index (χ3n) is 3.71. The highest BCUT2D eigenvalue weighted by molar-refractivity contribution is 5.48. The molecule has 19 heavy (non-hydrogen) atoms. The summed E-state index contributed by atoms with van der Waals surface area (Å²) in [5.41, 5.74) is 0.307. The van der Waals surface area contributed by atoms with Gasteiger partial charge in [-0.25, -0.2) is 19.3 Å². The topological polar surface area (TPSA) is 78.3 Å². The van der Waals surface area contributed by atoms with E-state index >= 15 is 0 Å². The first-order valence-electron chi connectivity index (χ1n) is 6.54. The van der Waals surface area contributed by atoms with Gasteiger partial charge in [0.15, 0.2) is 5.65 Å². The number of rotatable bonds is 5. The van der Waals surface area contributed by atoms with Gasteiger partial charge < -0.3 is 5.32 Å². The first kappa shape index (κ1) is 12.2. The van der Waals surface area contributed by atoms with Crippen molar-refractivity contribution in [3.63, 3.8) is 0 Å². The molecule has 0 bridgehead atoms. The predicted octanol–water partition coefficient (Wildman–Crippen LogP) is 0.312. The Balaban J connectivity index is 1.66. The van der Waals surface area contributed by atoms with Crippen LogP contribution in [0.5, 0.6) is 0 Å². The van der Waals surface area contributed by atoms with Crippen LogP contribution in [0.15, 0.2) is 17.2 Å². The van der Waals surface area contributed by atoms with E-state index in [1.54, 1.807) is 6.07 Å². The van der Waals surface area contributed by atoms with E-state index in [0.29, 0.717) is 11.7 Å². The number of anilines is 1. The number of aromatic amines is 1. The second kappa shape index (κ2) is 4.65. The normalized spacial score (nSPS) is 17.0. The van der Waals surface area contributed by atoms with E-state index in [4.69, 9.17) is 0 Å². The molecule has 0 aromatic carbocycles. The quantitative estimate of drug-likeness (QED) is 0.811. The van der Waals surface area contributed by atoms with Gasteiger partial charge in [0, 0.05) is 24.7 Å². The van der Waals surface area contributed by atoms with Gasteiger partial charge in [0.1, 0.15) is 12.1 Å². The van der Waals surface area contributed by atoms with Gasteiger partial charge in [-0.2, -0.15) is 5.10 Å². The number of likely N-dealkylation sites (N-methyl/N-ethyl adjacent to an activating group) is 1. The van der Waals surface area contributed by atoms with Crippen LogP contribution in [0.2, 0.25) is 0 Å². The molecule has 2 N–H and O–H groups in total. The first-order chi connectivity index (χ1) is 9.15. The Labute approximate surface area is 110 Å². The Bertz CT molecular complexity index is 628. The molecule has 1 saturated carbocycles. The smallest absolute Gasteiger partial charge is 0.348 e. The van der Waals surface area contributed by atoms with E-state index in [1.165, 1.54) is 23.6 Å². The summed E-state index contributed by atoms with van der Waals surface area (Å²) in [4.78, 5) is 17.9. The Hall–Kier alpha value is -1.89. The van der Waals surface area contributed by atoms with Crippen LogP contribution in [0.1, 0.15) is 19.8 Å².